The predicted molar refractivity (Wildman–Crippen MR) is 117 cm³/mol. The first-order valence-electron chi connectivity index (χ1n) is 9.40. The Labute approximate surface area is 170 Å². The Morgan fingerprint density at radius 2 is 1.79 bits per heavy atom. The van der Waals surface area contributed by atoms with Gasteiger partial charge in [0.05, 0.1) is 12.3 Å². The summed E-state index contributed by atoms with van der Waals surface area (Å²) < 4.78 is 0. The molecule has 0 aliphatic rings. The molecule has 0 radical (unpaired) electrons. The van der Waals surface area contributed by atoms with Gasteiger partial charge in [0.1, 0.15) is 5.01 Å². The van der Waals surface area contributed by atoms with Gasteiger partial charge in [-0.2, -0.15) is 0 Å². The molecule has 6 heteroatoms. The number of aliphatic hydroxyl groups is 1. The zero-order chi connectivity index (χ0) is 19.6. The van der Waals surface area contributed by atoms with Gasteiger partial charge in [-0.25, -0.2) is 4.98 Å². The molecule has 1 aromatic heterocycles. The second-order valence-corrected chi connectivity index (χ2v) is 7.29. The van der Waals surface area contributed by atoms with E-state index in [4.69, 9.17) is 4.98 Å². The second-order valence-electron chi connectivity index (χ2n) is 6.43. The Kier molecular flexibility index (Phi) is 7.58. The van der Waals surface area contributed by atoms with E-state index in [9.17, 15) is 5.11 Å². The molecular formula is C22H26N4OS. The van der Waals surface area contributed by atoms with Crippen LogP contribution in [0.4, 0.5) is 0 Å². The zero-order valence-corrected chi connectivity index (χ0v) is 16.8. The lowest BCUT2D eigenvalue weighted by Gasteiger charge is -2.18. The molecule has 1 heterocycles. The minimum atomic E-state index is 0.0340. The van der Waals surface area contributed by atoms with E-state index in [0.717, 1.165) is 40.8 Å². The fourth-order valence-electron chi connectivity index (χ4n) is 2.90. The van der Waals surface area contributed by atoms with Crippen LogP contribution in [-0.2, 0) is 6.42 Å². The molecule has 0 bridgehead atoms. The molecule has 28 heavy (non-hydrogen) atoms. The van der Waals surface area contributed by atoms with Crippen LogP contribution in [0.25, 0.3) is 10.6 Å². The summed E-state index contributed by atoms with van der Waals surface area (Å²) in [4.78, 5) is 8.98. The number of thiazole rings is 1. The quantitative estimate of drug-likeness (QED) is 0.405. The van der Waals surface area contributed by atoms with Crippen molar-refractivity contribution in [2.75, 3.05) is 26.7 Å². The van der Waals surface area contributed by atoms with Crippen LogP contribution >= 0.6 is 11.3 Å². The first-order valence-corrected chi connectivity index (χ1v) is 10.3. The van der Waals surface area contributed by atoms with Crippen LogP contribution in [0.3, 0.4) is 0 Å². The van der Waals surface area contributed by atoms with E-state index in [1.807, 2.05) is 48.5 Å². The fourth-order valence-corrected chi connectivity index (χ4v) is 3.76. The maximum Gasteiger partial charge on any atom is 0.191 e. The molecule has 0 saturated carbocycles. The van der Waals surface area contributed by atoms with Gasteiger partial charge in [-0.1, -0.05) is 60.7 Å². The lowest BCUT2D eigenvalue weighted by molar-refractivity contribution is 0.265. The number of rotatable bonds is 8. The summed E-state index contributed by atoms with van der Waals surface area (Å²) in [5, 5.41) is 19.5. The summed E-state index contributed by atoms with van der Waals surface area (Å²) in [6.07, 6.45) is 0.826. The summed E-state index contributed by atoms with van der Waals surface area (Å²) in [5.41, 5.74) is 3.34. The second kappa shape index (κ2) is 10.6. The van der Waals surface area contributed by atoms with Crippen LogP contribution in [0.15, 0.2) is 71.0 Å². The molecule has 0 aliphatic heterocycles. The molecule has 0 fully saturated rings. The van der Waals surface area contributed by atoms with Crippen molar-refractivity contribution in [3.63, 3.8) is 0 Å². The number of guanidine groups is 1. The van der Waals surface area contributed by atoms with E-state index in [-0.39, 0.29) is 12.5 Å². The first-order chi connectivity index (χ1) is 13.8. The number of hydrogen-bond acceptors (Lipinski definition) is 4. The number of nitrogens with zero attached hydrogens (tertiary/aromatic N) is 2. The highest BCUT2D eigenvalue weighted by atomic mass is 32.1. The molecule has 1 atom stereocenters. The number of aliphatic imine (C=N–C) groups is 1. The van der Waals surface area contributed by atoms with Crippen molar-refractivity contribution in [3.05, 3.63) is 77.3 Å². The lowest BCUT2D eigenvalue weighted by atomic mass is 10.0. The number of hydrogen-bond donors (Lipinski definition) is 3. The molecule has 1 unspecified atom stereocenters. The third-order valence-corrected chi connectivity index (χ3v) is 5.42. The molecule has 0 spiro atoms. The topological polar surface area (TPSA) is 69.5 Å². The normalized spacial score (nSPS) is 12.6. The molecule has 0 amide bonds. The highest BCUT2D eigenvalue weighted by Crippen LogP contribution is 2.23. The highest BCUT2D eigenvalue weighted by molar-refractivity contribution is 7.13. The summed E-state index contributed by atoms with van der Waals surface area (Å²) in [5.74, 6) is 0.764. The van der Waals surface area contributed by atoms with Crippen LogP contribution < -0.4 is 10.6 Å². The van der Waals surface area contributed by atoms with Crippen LogP contribution in [0.1, 0.15) is 17.2 Å². The Morgan fingerprint density at radius 1 is 1.07 bits per heavy atom. The van der Waals surface area contributed by atoms with Gasteiger partial charge in [0.15, 0.2) is 5.96 Å². The van der Waals surface area contributed by atoms with E-state index >= 15 is 0 Å². The van der Waals surface area contributed by atoms with E-state index in [1.165, 1.54) is 0 Å². The average molecular weight is 395 g/mol. The van der Waals surface area contributed by atoms with Gasteiger partial charge in [0.2, 0.25) is 0 Å². The molecule has 0 saturated heterocycles. The number of benzene rings is 2. The largest absolute Gasteiger partial charge is 0.396 e. The van der Waals surface area contributed by atoms with E-state index in [1.54, 1.807) is 18.4 Å². The highest BCUT2D eigenvalue weighted by Gasteiger charge is 2.11. The molecule has 0 aliphatic carbocycles. The van der Waals surface area contributed by atoms with Crippen LogP contribution in [-0.4, -0.2) is 42.8 Å². The van der Waals surface area contributed by atoms with E-state index < -0.39 is 0 Å². The number of aliphatic hydroxyl groups excluding tert-OH is 1. The van der Waals surface area contributed by atoms with Crippen molar-refractivity contribution in [2.24, 2.45) is 4.99 Å². The Bertz CT molecular complexity index is 865. The van der Waals surface area contributed by atoms with Crippen molar-refractivity contribution in [3.8, 4) is 10.6 Å². The van der Waals surface area contributed by atoms with Gasteiger partial charge in [0, 0.05) is 43.4 Å². The standard InChI is InChI=1S/C22H26N4OS/c1-23-22(25-14-19(15-27)17-8-4-2-5-9-17)24-13-12-20-16-28-21(26-20)18-10-6-3-7-11-18/h2-11,16,19,27H,12-15H2,1H3,(H2,23,24,25). The zero-order valence-electron chi connectivity index (χ0n) is 16.0. The molecule has 2 aromatic carbocycles. The SMILES string of the molecule is CN=C(NCCc1csc(-c2ccccc2)n1)NCC(CO)c1ccccc1. The van der Waals surface area contributed by atoms with Gasteiger partial charge in [0.25, 0.3) is 0 Å². The van der Waals surface area contributed by atoms with Gasteiger partial charge >= 0.3 is 0 Å². The van der Waals surface area contributed by atoms with Gasteiger partial charge in [-0.15, -0.1) is 11.3 Å². The van der Waals surface area contributed by atoms with Gasteiger partial charge in [-0.05, 0) is 5.56 Å². The molecule has 3 rings (SSSR count). The first kappa shape index (κ1) is 20.0. The molecule has 3 aromatic rings. The number of aromatic nitrogens is 1. The lowest BCUT2D eigenvalue weighted by Crippen LogP contribution is -2.40. The van der Waals surface area contributed by atoms with Crippen molar-refractivity contribution in [1.29, 1.82) is 0 Å². The van der Waals surface area contributed by atoms with E-state index in [2.05, 4.69) is 33.1 Å². The fraction of sp³-hybridized carbons (Fsp3) is 0.273. The van der Waals surface area contributed by atoms with Crippen LogP contribution in [0, 0.1) is 0 Å². The maximum atomic E-state index is 9.68. The third kappa shape index (κ3) is 5.65. The molecule has 5 nitrogen and oxygen atoms in total. The molecule has 146 valence electrons. The van der Waals surface area contributed by atoms with Crippen molar-refractivity contribution >= 4 is 17.3 Å². The average Bonchev–Trinajstić information content (AvgIpc) is 3.23. The van der Waals surface area contributed by atoms with Gasteiger partial charge in [-0.3, -0.25) is 4.99 Å². The van der Waals surface area contributed by atoms with E-state index in [0.29, 0.717) is 6.54 Å². The maximum absolute atomic E-state index is 9.68. The van der Waals surface area contributed by atoms with Gasteiger partial charge < -0.3 is 15.7 Å². The summed E-state index contributed by atoms with van der Waals surface area (Å²) >= 11 is 1.67. The minimum Gasteiger partial charge on any atom is -0.396 e. The molecule has 3 N–H and O–H groups in total. The Hall–Kier alpha value is -2.70. The Balaban J connectivity index is 1.46. The monoisotopic (exact) mass is 394 g/mol. The van der Waals surface area contributed by atoms with Crippen molar-refractivity contribution in [1.82, 2.24) is 15.6 Å². The van der Waals surface area contributed by atoms with Crippen molar-refractivity contribution in [2.45, 2.75) is 12.3 Å². The molecular weight excluding hydrogens is 368 g/mol. The van der Waals surface area contributed by atoms with Crippen molar-refractivity contribution < 1.29 is 5.11 Å². The Morgan fingerprint density at radius 3 is 2.46 bits per heavy atom. The summed E-state index contributed by atoms with van der Waals surface area (Å²) in [6.45, 7) is 1.46. The third-order valence-electron chi connectivity index (χ3n) is 4.48. The smallest absolute Gasteiger partial charge is 0.191 e. The minimum absolute atomic E-state index is 0.0340. The summed E-state index contributed by atoms with van der Waals surface area (Å²) in [6, 6.07) is 20.3. The van der Waals surface area contributed by atoms with Crippen LogP contribution in [0.2, 0.25) is 0 Å². The van der Waals surface area contributed by atoms with Crippen LogP contribution in [0.5, 0.6) is 0 Å². The predicted octanol–water partition coefficient (Wildman–Crippen LogP) is 3.29. The summed E-state index contributed by atoms with van der Waals surface area (Å²) in [7, 11) is 1.75. The number of nitrogens with one attached hydrogen (secondary N) is 2.